The summed E-state index contributed by atoms with van der Waals surface area (Å²) < 4.78 is 11.0. The summed E-state index contributed by atoms with van der Waals surface area (Å²) in [6.45, 7) is 5.63. The minimum atomic E-state index is -0.737. The van der Waals surface area contributed by atoms with Crippen molar-refractivity contribution < 1.29 is 19.1 Å². The minimum absolute atomic E-state index is 0.0827. The highest BCUT2D eigenvalue weighted by Gasteiger charge is 2.23. The van der Waals surface area contributed by atoms with E-state index in [0.717, 1.165) is 5.56 Å². The van der Waals surface area contributed by atoms with Crippen molar-refractivity contribution in [2.45, 2.75) is 26.9 Å². The zero-order valence-corrected chi connectivity index (χ0v) is 17.2. The molecule has 2 aromatic carbocycles. The quantitative estimate of drug-likeness (QED) is 0.724. The molecule has 1 unspecified atom stereocenters. The number of ether oxygens (including phenoxy) is 2. The molecule has 0 fully saturated rings. The Bertz CT molecular complexity index is 841. The third-order valence-corrected chi connectivity index (χ3v) is 4.43. The summed E-state index contributed by atoms with van der Waals surface area (Å²) in [4.78, 5) is 26.6. The van der Waals surface area contributed by atoms with Crippen LogP contribution in [0.1, 0.15) is 19.4 Å². The van der Waals surface area contributed by atoms with Gasteiger partial charge in [-0.05, 0) is 56.7 Å². The van der Waals surface area contributed by atoms with Crippen LogP contribution in [0.25, 0.3) is 0 Å². The Morgan fingerprint density at radius 3 is 2.54 bits per heavy atom. The first-order valence-corrected chi connectivity index (χ1v) is 9.38. The van der Waals surface area contributed by atoms with Crippen LogP contribution in [0.2, 0.25) is 5.02 Å². The molecule has 150 valence electrons. The molecular formula is C21H25ClN2O4. The van der Waals surface area contributed by atoms with Gasteiger partial charge in [0.15, 0.2) is 6.10 Å². The molecule has 0 heterocycles. The molecule has 6 nitrogen and oxygen atoms in total. The van der Waals surface area contributed by atoms with Gasteiger partial charge in [-0.15, -0.1) is 0 Å². The van der Waals surface area contributed by atoms with Crippen molar-refractivity contribution in [2.24, 2.45) is 0 Å². The summed E-state index contributed by atoms with van der Waals surface area (Å²) in [5.74, 6) is 0.557. The van der Waals surface area contributed by atoms with E-state index in [4.69, 9.17) is 21.1 Å². The fraction of sp³-hybridized carbons (Fsp3) is 0.333. The van der Waals surface area contributed by atoms with Crippen molar-refractivity contribution in [3.8, 4) is 11.5 Å². The number of nitrogens with zero attached hydrogens (tertiary/aromatic N) is 1. The van der Waals surface area contributed by atoms with Crippen LogP contribution < -0.4 is 14.8 Å². The molecule has 1 N–H and O–H groups in total. The highest BCUT2D eigenvalue weighted by Crippen LogP contribution is 2.24. The number of anilines is 1. The van der Waals surface area contributed by atoms with Gasteiger partial charge >= 0.3 is 0 Å². The number of carbonyl (C=O) groups is 2. The van der Waals surface area contributed by atoms with Gasteiger partial charge in [-0.3, -0.25) is 9.59 Å². The molecule has 1 atom stereocenters. The fourth-order valence-electron chi connectivity index (χ4n) is 2.70. The number of halogens is 1. The molecule has 0 aliphatic rings. The average Bonchev–Trinajstić information content (AvgIpc) is 2.68. The number of likely N-dealkylation sites (N-methyl/N-ethyl adjacent to an activating group) is 1. The fourth-order valence-corrected chi connectivity index (χ4v) is 2.93. The maximum absolute atomic E-state index is 12.7. The van der Waals surface area contributed by atoms with E-state index in [-0.39, 0.29) is 18.4 Å². The molecular weight excluding hydrogens is 380 g/mol. The molecule has 2 amide bonds. The predicted molar refractivity (Wildman–Crippen MR) is 110 cm³/mol. The highest BCUT2D eigenvalue weighted by molar-refractivity contribution is 6.30. The van der Waals surface area contributed by atoms with Gasteiger partial charge < -0.3 is 19.7 Å². The lowest BCUT2D eigenvalue weighted by atomic mass is 10.2. The second kappa shape index (κ2) is 9.99. The molecule has 0 radical (unpaired) electrons. The van der Waals surface area contributed by atoms with Crippen LogP contribution in [0.5, 0.6) is 11.5 Å². The Morgan fingerprint density at radius 2 is 1.89 bits per heavy atom. The molecule has 2 rings (SSSR count). The Hall–Kier alpha value is -2.73. The molecule has 0 saturated heterocycles. The van der Waals surface area contributed by atoms with Crippen LogP contribution in [0.4, 0.5) is 5.69 Å². The lowest BCUT2D eigenvalue weighted by Gasteiger charge is -2.25. The summed E-state index contributed by atoms with van der Waals surface area (Å²) in [6, 6.07) is 12.3. The van der Waals surface area contributed by atoms with Crippen molar-refractivity contribution in [1.82, 2.24) is 4.90 Å². The Kier molecular flexibility index (Phi) is 7.70. The SMILES string of the molecule is CCN(CC(=O)Nc1ccccc1OC)C(=O)C(C)Oc1ccc(Cl)cc1C. The summed E-state index contributed by atoms with van der Waals surface area (Å²) in [5.41, 5.74) is 1.39. The largest absolute Gasteiger partial charge is 0.495 e. The molecule has 0 spiro atoms. The van der Waals surface area contributed by atoms with Gasteiger partial charge in [-0.2, -0.15) is 0 Å². The zero-order valence-electron chi connectivity index (χ0n) is 16.5. The monoisotopic (exact) mass is 404 g/mol. The molecule has 0 aromatic heterocycles. The van der Waals surface area contributed by atoms with Gasteiger partial charge in [0.2, 0.25) is 5.91 Å². The Balaban J connectivity index is 2.00. The third kappa shape index (κ3) is 5.63. The number of benzene rings is 2. The van der Waals surface area contributed by atoms with E-state index < -0.39 is 6.10 Å². The molecule has 0 aliphatic heterocycles. The number of nitrogens with one attached hydrogen (secondary N) is 1. The number of methoxy groups -OCH3 is 1. The van der Waals surface area contributed by atoms with Crippen molar-refractivity contribution in [3.63, 3.8) is 0 Å². The number of rotatable bonds is 8. The van der Waals surface area contributed by atoms with Gasteiger partial charge in [-0.25, -0.2) is 0 Å². The van der Waals surface area contributed by atoms with Gasteiger partial charge in [0.1, 0.15) is 11.5 Å². The van der Waals surface area contributed by atoms with Crippen LogP contribution in [0.3, 0.4) is 0 Å². The number of carbonyl (C=O) groups excluding carboxylic acids is 2. The van der Waals surface area contributed by atoms with E-state index in [1.807, 2.05) is 19.9 Å². The van der Waals surface area contributed by atoms with Crippen LogP contribution >= 0.6 is 11.6 Å². The third-order valence-electron chi connectivity index (χ3n) is 4.20. The molecule has 28 heavy (non-hydrogen) atoms. The van der Waals surface area contributed by atoms with Crippen molar-refractivity contribution in [3.05, 3.63) is 53.1 Å². The van der Waals surface area contributed by atoms with Crippen LogP contribution in [0.15, 0.2) is 42.5 Å². The highest BCUT2D eigenvalue weighted by atomic mass is 35.5. The summed E-state index contributed by atoms with van der Waals surface area (Å²) in [5, 5.41) is 3.38. The van der Waals surface area contributed by atoms with Crippen LogP contribution in [-0.2, 0) is 9.59 Å². The van der Waals surface area contributed by atoms with Gasteiger partial charge in [-0.1, -0.05) is 23.7 Å². The number of para-hydroxylation sites is 2. The maximum Gasteiger partial charge on any atom is 0.263 e. The predicted octanol–water partition coefficient (Wildman–Crippen LogP) is 3.91. The molecule has 0 bridgehead atoms. The van der Waals surface area contributed by atoms with Gasteiger partial charge in [0, 0.05) is 11.6 Å². The lowest BCUT2D eigenvalue weighted by molar-refractivity contribution is -0.140. The summed E-state index contributed by atoms with van der Waals surface area (Å²) in [7, 11) is 1.53. The Labute approximate surface area is 170 Å². The number of aryl methyl sites for hydroxylation is 1. The molecule has 0 saturated carbocycles. The second-order valence-electron chi connectivity index (χ2n) is 6.27. The van der Waals surface area contributed by atoms with Crippen molar-refractivity contribution in [1.29, 1.82) is 0 Å². The van der Waals surface area contributed by atoms with E-state index in [0.29, 0.717) is 28.8 Å². The van der Waals surface area contributed by atoms with Crippen LogP contribution in [-0.4, -0.2) is 43.0 Å². The number of amides is 2. The molecule has 2 aromatic rings. The smallest absolute Gasteiger partial charge is 0.263 e. The first kappa shape index (κ1) is 21.6. The number of hydrogen-bond acceptors (Lipinski definition) is 4. The van der Waals surface area contributed by atoms with Gasteiger partial charge in [0.25, 0.3) is 5.91 Å². The standard InChI is InChI=1S/C21H25ClN2O4/c1-5-24(13-20(25)23-17-8-6-7-9-19(17)27-4)21(26)15(3)28-18-11-10-16(22)12-14(18)2/h6-12,15H,5,13H2,1-4H3,(H,23,25). The van der Waals surface area contributed by atoms with Gasteiger partial charge in [0.05, 0.1) is 19.3 Å². The minimum Gasteiger partial charge on any atom is -0.495 e. The average molecular weight is 405 g/mol. The first-order chi connectivity index (χ1) is 13.3. The summed E-state index contributed by atoms with van der Waals surface area (Å²) >= 11 is 5.95. The van der Waals surface area contributed by atoms with Crippen LogP contribution in [0, 0.1) is 6.92 Å². The van der Waals surface area contributed by atoms with E-state index >= 15 is 0 Å². The van der Waals surface area contributed by atoms with Crippen molar-refractivity contribution >= 4 is 29.1 Å². The van der Waals surface area contributed by atoms with Crippen molar-refractivity contribution in [2.75, 3.05) is 25.5 Å². The maximum atomic E-state index is 12.7. The molecule has 7 heteroatoms. The normalized spacial score (nSPS) is 11.5. The second-order valence-corrected chi connectivity index (χ2v) is 6.71. The van der Waals surface area contributed by atoms with E-state index in [1.165, 1.54) is 12.0 Å². The summed E-state index contributed by atoms with van der Waals surface area (Å²) in [6.07, 6.45) is -0.737. The van der Waals surface area contributed by atoms with E-state index in [1.54, 1.807) is 43.3 Å². The van der Waals surface area contributed by atoms with E-state index in [9.17, 15) is 9.59 Å². The number of hydrogen-bond donors (Lipinski definition) is 1. The van der Waals surface area contributed by atoms with E-state index in [2.05, 4.69) is 5.32 Å². The first-order valence-electron chi connectivity index (χ1n) is 9.00. The topological polar surface area (TPSA) is 67.9 Å². The zero-order chi connectivity index (χ0) is 20.7. The molecule has 0 aliphatic carbocycles. The lowest BCUT2D eigenvalue weighted by Crippen LogP contribution is -2.44. The Morgan fingerprint density at radius 1 is 1.18 bits per heavy atom.